The molecule has 1 aliphatic rings. The van der Waals surface area contributed by atoms with Crippen LogP contribution in [0.2, 0.25) is 0 Å². The summed E-state index contributed by atoms with van der Waals surface area (Å²) in [7, 11) is 0. The molecule has 0 aliphatic heterocycles. The predicted octanol–water partition coefficient (Wildman–Crippen LogP) is 1.98. The van der Waals surface area contributed by atoms with E-state index < -0.39 is 0 Å². The van der Waals surface area contributed by atoms with Crippen LogP contribution in [0.4, 0.5) is 5.13 Å². The Morgan fingerprint density at radius 1 is 1.42 bits per heavy atom. The van der Waals surface area contributed by atoms with Crippen molar-refractivity contribution in [2.75, 3.05) is 0 Å². The highest BCUT2D eigenvalue weighted by atomic mass is 32.1. The molecule has 0 saturated carbocycles. The van der Waals surface area contributed by atoms with Crippen molar-refractivity contribution in [1.82, 2.24) is 10.2 Å². The summed E-state index contributed by atoms with van der Waals surface area (Å²) in [6.07, 6.45) is 10.0. The fraction of sp³-hybridized carbons (Fsp3) is 0.125. The molecule has 3 nitrogen and oxygen atoms in total. The van der Waals surface area contributed by atoms with Crippen molar-refractivity contribution in [1.29, 1.82) is 0 Å². The van der Waals surface area contributed by atoms with Crippen LogP contribution in [0.5, 0.6) is 0 Å². The minimum Gasteiger partial charge on any atom is -0.230 e. The summed E-state index contributed by atoms with van der Waals surface area (Å²) in [6.45, 7) is 0. The highest BCUT2D eigenvalue weighted by molar-refractivity contribution is 7.13. The summed E-state index contributed by atoms with van der Waals surface area (Å²) in [4.78, 5) is 4.17. The van der Waals surface area contributed by atoms with Gasteiger partial charge in [0, 0.05) is 12.1 Å². The van der Waals surface area contributed by atoms with Gasteiger partial charge in [-0.2, -0.15) is 0 Å². The average Bonchev–Trinajstić information content (AvgIpc) is 2.74. The summed E-state index contributed by atoms with van der Waals surface area (Å²) in [5.41, 5.74) is 1.67. The molecule has 1 aromatic heterocycles. The van der Waals surface area contributed by atoms with E-state index in [-0.39, 0.29) is 0 Å². The molecule has 12 heavy (non-hydrogen) atoms. The van der Waals surface area contributed by atoms with E-state index in [1.807, 2.05) is 18.4 Å². The van der Waals surface area contributed by atoms with Crippen molar-refractivity contribution in [2.45, 2.75) is 0 Å². The van der Waals surface area contributed by atoms with E-state index in [0.717, 1.165) is 0 Å². The summed E-state index contributed by atoms with van der Waals surface area (Å²) in [5, 5.41) is 8.20. The lowest BCUT2D eigenvalue weighted by Crippen LogP contribution is -1.88. The van der Waals surface area contributed by atoms with Gasteiger partial charge in [-0.3, -0.25) is 0 Å². The van der Waals surface area contributed by atoms with Gasteiger partial charge >= 0.3 is 0 Å². The second-order valence-electron chi connectivity index (χ2n) is 2.35. The lowest BCUT2D eigenvalue weighted by molar-refractivity contribution is 1.08. The molecule has 60 valence electrons. The van der Waals surface area contributed by atoms with Crippen LogP contribution < -0.4 is 0 Å². The van der Waals surface area contributed by atoms with Crippen molar-refractivity contribution in [3.05, 3.63) is 29.8 Å². The number of aliphatic imine (C=N–C) groups is 1. The first kappa shape index (κ1) is 7.36. The van der Waals surface area contributed by atoms with E-state index in [1.165, 1.54) is 11.3 Å². The van der Waals surface area contributed by atoms with Crippen LogP contribution in [0.15, 0.2) is 34.8 Å². The number of allylic oxidation sites excluding steroid dienone is 4. The number of rotatable bonds is 2. The number of hydrogen-bond acceptors (Lipinski definition) is 4. The van der Waals surface area contributed by atoms with Crippen molar-refractivity contribution in [2.24, 2.45) is 10.9 Å². The van der Waals surface area contributed by atoms with Crippen LogP contribution in [0, 0.1) is 5.92 Å². The molecular formula is C8H7N3S. The van der Waals surface area contributed by atoms with Gasteiger partial charge in [0.15, 0.2) is 0 Å². The molecule has 0 spiro atoms. The third-order valence-corrected chi connectivity index (χ3v) is 2.08. The van der Waals surface area contributed by atoms with E-state index in [2.05, 4.69) is 27.3 Å². The smallest absolute Gasteiger partial charge is 0.230 e. The van der Waals surface area contributed by atoms with Crippen LogP contribution in [0.25, 0.3) is 0 Å². The SMILES string of the molecule is C1=CC(/C=N/c2nncs2)C=C1. The molecule has 0 N–H and O–H groups in total. The van der Waals surface area contributed by atoms with Gasteiger partial charge in [-0.1, -0.05) is 35.6 Å². The number of aromatic nitrogens is 2. The van der Waals surface area contributed by atoms with Crippen molar-refractivity contribution in [3.63, 3.8) is 0 Å². The average molecular weight is 177 g/mol. The number of hydrogen-bond donors (Lipinski definition) is 0. The predicted molar refractivity (Wildman–Crippen MR) is 49.8 cm³/mol. The third kappa shape index (κ3) is 1.65. The van der Waals surface area contributed by atoms with Gasteiger partial charge < -0.3 is 0 Å². The van der Waals surface area contributed by atoms with Gasteiger partial charge in [0.1, 0.15) is 5.51 Å². The van der Waals surface area contributed by atoms with Crippen LogP contribution >= 0.6 is 11.3 Å². The van der Waals surface area contributed by atoms with Gasteiger partial charge in [0.2, 0.25) is 5.13 Å². The summed E-state index contributed by atoms with van der Waals surface area (Å²) >= 11 is 1.44. The standard InChI is InChI=1S/C8H7N3S/c1-2-4-7(3-1)5-9-8-11-10-6-12-8/h1-7H/b9-5+. The fourth-order valence-corrected chi connectivity index (χ4v) is 1.33. The molecule has 0 aromatic carbocycles. The second-order valence-corrected chi connectivity index (χ2v) is 3.16. The number of nitrogens with zero attached hydrogens (tertiary/aromatic N) is 3. The molecule has 0 bridgehead atoms. The molecular weight excluding hydrogens is 170 g/mol. The Balaban J connectivity index is 2.03. The Bertz CT molecular complexity index is 312. The quantitative estimate of drug-likeness (QED) is 0.648. The molecule has 1 heterocycles. The summed E-state index contributed by atoms with van der Waals surface area (Å²) < 4.78 is 0. The van der Waals surface area contributed by atoms with Gasteiger partial charge in [0.05, 0.1) is 0 Å². The molecule has 0 amide bonds. The molecule has 0 fully saturated rings. The van der Waals surface area contributed by atoms with Gasteiger partial charge in [-0.25, -0.2) is 4.99 Å². The molecule has 0 unspecified atom stereocenters. The summed E-state index contributed by atoms with van der Waals surface area (Å²) in [6, 6.07) is 0. The van der Waals surface area contributed by atoms with Crippen LogP contribution in [0.3, 0.4) is 0 Å². The van der Waals surface area contributed by atoms with Gasteiger partial charge in [0.25, 0.3) is 0 Å². The Labute approximate surface area is 74.2 Å². The zero-order valence-electron chi connectivity index (χ0n) is 6.29. The highest BCUT2D eigenvalue weighted by Gasteiger charge is 1.98. The Morgan fingerprint density at radius 3 is 2.92 bits per heavy atom. The molecule has 1 aliphatic carbocycles. The van der Waals surface area contributed by atoms with Crippen molar-refractivity contribution >= 4 is 22.7 Å². The fourth-order valence-electron chi connectivity index (χ4n) is 0.922. The van der Waals surface area contributed by atoms with Crippen molar-refractivity contribution < 1.29 is 0 Å². The molecule has 0 saturated heterocycles. The zero-order valence-corrected chi connectivity index (χ0v) is 7.11. The maximum Gasteiger partial charge on any atom is 0.231 e. The first-order valence-electron chi connectivity index (χ1n) is 3.60. The van der Waals surface area contributed by atoms with Crippen molar-refractivity contribution in [3.8, 4) is 0 Å². The monoisotopic (exact) mass is 177 g/mol. The minimum absolute atomic E-state index is 0.328. The first-order chi connectivity index (χ1) is 5.95. The largest absolute Gasteiger partial charge is 0.231 e. The van der Waals surface area contributed by atoms with E-state index in [4.69, 9.17) is 0 Å². The second kappa shape index (κ2) is 3.40. The molecule has 1 aromatic rings. The van der Waals surface area contributed by atoms with E-state index in [0.29, 0.717) is 11.0 Å². The Hall–Kier alpha value is -1.29. The molecule has 4 heteroatoms. The summed E-state index contributed by atoms with van der Waals surface area (Å²) in [5.74, 6) is 0.328. The third-order valence-electron chi connectivity index (χ3n) is 1.48. The van der Waals surface area contributed by atoms with E-state index in [9.17, 15) is 0 Å². The van der Waals surface area contributed by atoms with Crippen LogP contribution in [-0.2, 0) is 0 Å². The maximum absolute atomic E-state index is 4.17. The highest BCUT2D eigenvalue weighted by Crippen LogP contribution is 2.14. The molecule has 0 radical (unpaired) electrons. The van der Waals surface area contributed by atoms with E-state index >= 15 is 0 Å². The van der Waals surface area contributed by atoms with Crippen LogP contribution in [-0.4, -0.2) is 16.4 Å². The lowest BCUT2D eigenvalue weighted by Gasteiger charge is -1.91. The maximum atomic E-state index is 4.17. The normalized spacial score (nSPS) is 16.7. The van der Waals surface area contributed by atoms with Gasteiger partial charge in [-0.15, -0.1) is 10.2 Å². The Morgan fingerprint density at radius 2 is 2.25 bits per heavy atom. The van der Waals surface area contributed by atoms with E-state index in [1.54, 1.807) is 5.51 Å². The lowest BCUT2D eigenvalue weighted by atomic mass is 10.2. The molecule has 2 rings (SSSR count). The van der Waals surface area contributed by atoms with Gasteiger partial charge in [-0.05, 0) is 0 Å². The topological polar surface area (TPSA) is 38.1 Å². The first-order valence-corrected chi connectivity index (χ1v) is 4.48. The Kier molecular flexibility index (Phi) is 2.09. The zero-order chi connectivity index (χ0) is 8.23. The van der Waals surface area contributed by atoms with Crippen LogP contribution in [0.1, 0.15) is 0 Å². The minimum atomic E-state index is 0.328. The molecule has 0 atom stereocenters.